The summed E-state index contributed by atoms with van der Waals surface area (Å²) in [5.41, 5.74) is 9.39. The Morgan fingerprint density at radius 3 is 2.90 bits per heavy atom. The summed E-state index contributed by atoms with van der Waals surface area (Å²) < 4.78 is 17.6. The van der Waals surface area contributed by atoms with Crippen LogP contribution in [-0.4, -0.2) is 44.2 Å². The topological polar surface area (TPSA) is 93.5 Å². The molecule has 1 aliphatic heterocycles. The van der Waals surface area contributed by atoms with E-state index in [9.17, 15) is 9.18 Å². The zero-order valence-corrected chi connectivity index (χ0v) is 16.8. The summed E-state index contributed by atoms with van der Waals surface area (Å²) in [6.07, 6.45) is 6.20. The maximum Gasteiger partial charge on any atom is 0.257 e. The van der Waals surface area contributed by atoms with Gasteiger partial charge in [0.2, 0.25) is 0 Å². The lowest BCUT2D eigenvalue weighted by atomic mass is 10.1. The van der Waals surface area contributed by atoms with Gasteiger partial charge in [0.05, 0.1) is 16.9 Å². The number of nitrogens with one attached hydrogen (secondary N) is 1. The Bertz CT molecular complexity index is 1290. The van der Waals surface area contributed by atoms with Gasteiger partial charge in [-0.25, -0.2) is 9.37 Å². The maximum atomic E-state index is 14.4. The van der Waals surface area contributed by atoms with Crippen LogP contribution in [0.25, 0.3) is 16.6 Å². The second kappa shape index (κ2) is 6.81. The van der Waals surface area contributed by atoms with Crippen molar-refractivity contribution in [3.8, 4) is 0 Å². The van der Waals surface area contributed by atoms with Crippen LogP contribution in [0.15, 0.2) is 36.8 Å². The molecule has 0 saturated carbocycles. The fourth-order valence-electron chi connectivity index (χ4n) is 4.12. The molecule has 1 aromatic carbocycles. The van der Waals surface area contributed by atoms with Gasteiger partial charge in [0.1, 0.15) is 5.52 Å². The summed E-state index contributed by atoms with van der Waals surface area (Å²) in [6.45, 7) is 3.44. The number of nitrogens with two attached hydrogens (primary N) is 1. The molecule has 1 aliphatic rings. The van der Waals surface area contributed by atoms with Gasteiger partial charge < -0.3 is 20.4 Å². The Morgan fingerprint density at radius 1 is 1.30 bits per heavy atom. The van der Waals surface area contributed by atoms with Crippen LogP contribution < -0.4 is 16.0 Å². The number of carbonyl (C=O) groups is 1. The largest absolute Gasteiger partial charge is 0.369 e. The van der Waals surface area contributed by atoms with E-state index in [4.69, 9.17) is 5.73 Å². The van der Waals surface area contributed by atoms with E-state index in [0.29, 0.717) is 22.5 Å². The zero-order chi connectivity index (χ0) is 21.0. The van der Waals surface area contributed by atoms with Crippen molar-refractivity contribution in [3.63, 3.8) is 0 Å². The number of carbonyl (C=O) groups excluding carboxylic acids is 1. The summed E-state index contributed by atoms with van der Waals surface area (Å²) in [4.78, 5) is 19.4. The highest BCUT2D eigenvalue weighted by molar-refractivity contribution is 6.13. The second-order valence-corrected chi connectivity index (χ2v) is 7.84. The molecule has 0 spiro atoms. The van der Waals surface area contributed by atoms with Crippen LogP contribution >= 0.6 is 0 Å². The number of fused-ring (bicyclic) bond motifs is 2. The van der Waals surface area contributed by atoms with E-state index in [0.717, 1.165) is 30.6 Å². The van der Waals surface area contributed by atoms with Gasteiger partial charge >= 0.3 is 0 Å². The average molecular weight is 407 g/mol. The predicted octanol–water partition coefficient (Wildman–Crippen LogP) is 2.46. The van der Waals surface area contributed by atoms with E-state index >= 15 is 0 Å². The van der Waals surface area contributed by atoms with E-state index in [-0.39, 0.29) is 17.6 Å². The van der Waals surface area contributed by atoms with Gasteiger partial charge in [-0.1, -0.05) is 0 Å². The minimum Gasteiger partial charge on any atom is -0.369 e. The third-order valence-corrected chi connectivity index (χ3v) is 5.46. The zero-order valence-electron chi connectivity index (χ0n) is 16.8. The minimum absolute atomic E-state index is 0.149. The Kier molecular flexibility index (Phi) is 4.21. The van der Waals surface area contributed by atoms with Crippen molar-refractivity contribution >= 4 is 33.8 Å². The Balaban J connectivity index is 1.51. The van der Waals surface area contributed by atoms with Crippen molar-refractivity contribution in [2.24, 2.45) is 12.8 Å². The number of amides is 1. The number of rotatable bonds is 3. The molecule has 1 unspecified atom stereocenters. The normalized spacial score (nSPS) is 16.7. The van der Waals surface area contributed by atoms with Crippen LogP contribution in [0.1, 0.15) is 22.5 Å². The van der Waals surface area contributed by atoms with Crippen LogP contribution in [0.4, 0.5) is 15.8 Å². The standard InChI is InChI=1S/C21H22FN7O/c1-12-8-29-10-14(7-17(22)20(29)24-12)25-21(30)15-3-4-18(28-6-5-13(23)9-28)16-11-27(2)26-19(15)16/h3-4,7-8,10-11,13H,5-6,9,23H2,1-2H3,(H,25,30). The van der Waals surface area contributed by atoms with Crippen LogP contribution in [0.3, 0.4) is 0 Å². The van der Waals surface area contributed by atoms with Crippen LogP contribution in [0.5, 0.6) is 0 Å². The van der Waals surface area contributed by atoms with Crippen molar-refractivity contribution in [1.29, 1.82) is 0 Å². The molecule has 1 amide bonds. The number of hydrogen-bond acceptors (Lipinski definition) is 5. The predicted molar refractivity (Wildman–Crippen MR) is 113 cm³/mol. The molecule has 4 aromatic rings. The van der Waals surface area contributed by atoms with E-state index in [1.807, 2.05) is 19.3 Å². The first-order valence-electron chi connectivity index (χ1n) is 9.82. The number of halogens is 1. The molecule has 8 nitrogen and oxygen atoms in total. The van der Waals surface area contributed by atoms with Gasteiger partial charge in [0, 0.05) is 61.9 Å². The highest BCUT2D eigenvalue weighted by Crippen LogP contribution is 2.31. The highest BCUT2D eigenvalue weighted by Gasteiger charge is 2.24. The maximum absolute atomic E-state index is 14.4. The molecular formula is C21H22FN7O. The highest BCUT2D eigenvalue weighted by atomic mass is 19.1. The lowest BCUT2D eigenvalue weighted by Gasteiger charge is -2.19. The minimum atomic E-state index is -0.496. The fourth-order valence-corrected chi connectivity index (χ4v) is 4.12. The molecule has 154 valence electrons. The molecule has 9 heteroatoms. The number of anilines is 2. The van der Waals surface area contributed by atoms with E-state index in [2.05, 4.69) is 20.3 Å². The van der Waals surface area contributed by atoms with Crippen LogP contribution in [0, 0.1) is 12.7 Å². The van der Waals surface area contributed by atoms with E-state index < -0.39 is 5.82 Å². The number of aryl methyl sites for hydroxylation is 2. The molecule has 30 heavy (non-hydrogen) atoms. The van der Waals surface area contributed by atoms with Crippen molar-refractivity contribution in [1.82, 2.24) is 19.2 Å². The summed E-state index contributed by atoms with van der Waals surface area (Å²) in [7, 11) is 1.83. The lowest BCUT2D eigenvalue weighted by molar-refractivity contribution is 0.102. The van der Waals surface area contributed by atoms with Crippen molar-refractivity contribution in [2.45, 2.75) is 19.4 Å². The third-order valence-electron chi connectivity index (χ3n) is 5.46. The van der Waals surface area contributed by atoms with Crippen molar-refractivity contribution in [2.75, 3.05) is 23.3 Å². The molecule has 3 N–H and O–H groups in total. The molecule has 0 aliphatic carbocycles. The van der Waals surface area contributed by atoms with Gasteiger partial charge in [-0.2, -0.15) is 5.10 Å². The molecule has 0 bridgehead atoms. The molecule has 4 heterocycles. The molecule has 1 saturated heterocycles. The van der Waals surface area contributed by atoms with Gasteiger partial charge in [0.25, 0.3) is 5.91 Å². The monoisotopic (exact) mass is 407 g/mol. The number of pyridine rings is 1. The summed E-state index contributed by atoms with van der Waals surface area (Å²) in [5.74, 6) is -0.844. The molecule has 0 radical (unpaired) electrons. The first-order valence-corrected chi connectivity index (χ1v) is 9.82. The smallest absolute Gasteiger partial charge is 0.257 e. The Labute approximate surface area is 172 Å². The number of imidazole rings is 1. The second-order valence-electron chi connectivity index (χ2n) is 7.84. The Morgan fingerprint density at radius 2 is 2.13 bits per heavy atom. The number of benzene rings is 1. The summed E-state index contributed by atoms with van der Waals surface area (Å²) in [5, 5.41) is 8.19. The molecular weight excluding hydrogens is 385 g/mol. The van der Waals surface area contributed by atoms with Gasteiger partial charge in [-0.15, -0.1) is 0 Å². The summed E-state index contributed by atoms with van der Waals surface area (Å²) in [6, 6.07) is 5.12. The SMILES string of the molecule is Cc1cn2cc(NC(=O)c3ccc(N4CCC(N)C4)c4cn(C)nc34)cc(F)c2n1. The van der Waals surface area contributed by atoms with Gasteiger partial charge in [0.15, 0.2) is 11.5 Å². The van der Waals surface area contributed by atoms with Crippen LogP contribution in [-0.2, 0) is 7.05 Å². The first-order chi connectivity index (χ1) is 14.4. The average Bonchev–Trinajstić information content (AvgIpc) is 3.38. The summed E-state index contributed by atoms with van der Waals surface area (Å²) >= 11 is 0. The number of aromatic nitrogens is 4. The lowest BCUT2D eigenvalue weighted by Crippen LogP contribution is -2.26. The van der Waals surface area contributed by atoms with E-state index in [1.54, 1.807) is 34.5 Å². The number of nitrogens with zero attached hydrogens (tertiary/aromatic N) is 5. The first kappa shape index (κ1) is 18.6. The van der Waals surface area contributed by atoms with E-state index in [1.165, 1.54) is 6.07 Å². The molecule has 1 atom stereocenters. The Hall–Kier alpha value is -3.46. The number of hydrogen-bond donors (Lipinski definition) is 2. The van der Waals surface area contributed by atoms with Gasteiger partial charge in [-0.3, -0.25) is 9.48 Å². The fraction of sp³-hybridized carbons (Fsp3) is 0.286. The quantitative estimate of drug-likeness (QED) is 0.544. The molecule has 5 rings (SSSR count). The molecule has 1 fully saturated rings. The van der Waals surface area contributed by atoms with Crippen LogP contribution in [0.2, 0.25) is 0 Å². The third kappa shape index (κ3) is 3.07. The molecule has 3 aromatic heterocycles. The van der Waals surface area contributed by atoms with Crippen molar-refractivity contribution in [3.05, 3.63) is 53.9 Å². The van der Waals surface area contributed by atoms with Gasteiger partial charge in [-0.05, 0) is 25.5 Å². The van der Waals surface area contributed by atoms with Crippen molar-refractivity contribution < 1.29 is 9.18 Å².